The lowest BCUT2D eigenvalue weighted by molar-refractivity contribution is 0.856. The van der Waals surface area contributed by atoms with Gasteiger partial charge in [0.25, 0.3) is 0 Å². The average Bonchev–Trinajstić information content (AvgIpc) is 1.97. The van der Waals surface area contributed by atoms with Crippen molar-refractivity contribution in [2.24, 2.45) is 16.6 Å². The second-order valence-electron chi connectivity index (χ2n) is 2.82. The van der Waals surface area contributed by atoms with Gasteiger partial charge >= 0.3 is 0 Å². The molecule has 2 N–H and O–H groups in total. The lowest BCUT2D eigenvalue weighted by atomic mass is 10.1. The highest BCUT2D eigenvalue weighted by Gasteiger charge is 1.98. The lowest BCUT2D eigenvalue weighted by Crippen LogP contribution is -2.05. The molecule has 11 heavy (non-hydrogen) atoms. The van der Waals surface area contributed by atoms with E-state index in [1.807, 2.05) is 6.08 Å². The quantitative estimate of drug-likeness (QED) is 0.618. The third-order valence-electron chi connectivity index (χ3n) is 1.38. The van der Waals surface area contributed by atoms with Crippen LogP contribution in [0.3, 0.4) is 0 Å². The Bertz CT molecular complexity index is 146. The van der Waals surface area contributed by atoms with Gasteiger partial charge in [0, 0.05) is 12.3 Å². The van der Waals surface area contributed by atoms with Crippen LogP contribution in [0, 0.1) is 5.92 Å². The van der Waals surface area contributed by atoms with Crippen molar-refractivity contribution in [3.8, 4) is 0 Å². The van der Waals surface area contributed by atoms with Gasteiger partial charge in [0.05, 0.1) is 0 Å². The summed E-state index contributed by atoms with van der Waals surface area (Å²) in [5.74, 6) is 0.473. The normalized spacial score (nSPS) is 13.3. The summed E-state index contributed by atoms with van der Waals surface area (Å²) in [7, 11) is 0. The van der Waals surface area contributed by atoms with E-state index in [1.54, 1.807) is 6.20 Å². The highest BCUT2D eigenvalue weighted by molar-refractivity contribution is 5.96. The summed E-state index contributed by atoms with van der Waals surface area (Å²) < 4.78 is 0. The fourth-order valence-corrected chi connectivity index (χ4v) is 0.767. The van der Waals surface area contributed by atoms with Crippen LogP contribution >= 0.6 is 0 Å². The Labute approximate surface area is 69.2 Å². The molecule has 0 aromatic heterocycles. The zero-order chi connectivity index (χ0) is 8.69. The summed E-state index contributed by atoms with van der Waals surface area (Å²) in [5.41, 5.74) is 6.37. The maximum atomic E-state index is 5.28. The molecule has 0 saturated heterocycles. The maximum absolute atomic E-state index is 5.28. The summed E-state index contributed by atoms with van der Waals surface area (Å²) in [5, 5.41) is 0. The molecule has 0 heterocycles. The van der Waals surface area contributed by atoms with E-state index in [-0.39, 0.29) is 0 Å². The number of aliphatic imine (C=N–C) groups is 1. The molecule has 0 atom stereocenters. The molecule has 2 nitrogen and oxygen atoms in total. The summed E-state index contributed by atoms with van der Waals surface area (Å²) in [6.07, 6.45) is 4.52. The van der Waals surface area contributed by atoms with Gasteiger partial charge in [-0.2, -0.15) is 0 Å². The van der Waals surface area contributed by atoms with Crippen LogP contribution < -0.4 is 5.73 Å². The molecule has 0 aliphatic carbocycles. The Balaban J connectivity index is 4.08. The van der Waals surface area contributed by atoms with Gasteiger partial charge in [0.2, 0.25) is 0 Å². The molecule has 0 rings (SSSR count). The van der Waals surface area contributed by atoms with E-state index < -0.39 is 0 Å². The number of hydrogen-bond donors (Lipinski definition) is 1. The molecular weight excluding hydrogens is 136 g/mol. The van der Waals surface area contributed by atoms with E-state index in [1.165, 1.54) is 0 Å². The minimum atomic E-state index is 0.473. The van der Waals surface area contributed by atoms with Crippen LogP contribution in [0.4, 0.5) is 0 Å². The fourth-order valence-electron chi connectivity index (χ4n) is 0.767. The SMILES string of the molecule is CCC/N=C(\C=C/N)C(C)C. The van der Waals surface area contributed by atoms with Crippen molar-refractivity contribution in [1.29, 1.82) is 0 Å². The van der Waals surface area contributed by atoms with Crippen LogP contribution in [-0.4, -0.2) is 12.3 Å². The van der Waals surface area contributed by atoms with Gasteiger partial charge < -0.3 is 5.73 Å². The summed E-state index contributed by atoms with van der Waals surface area (Å²) in [4.78, 5) is 4.38. The summed E-state index contributed by atoms with van der Waals surface area (Å²) >= 11 is 0. The predicted molar refractivity (Wildman–Crippen MR) is 50.8 cm³/mol. The molecule has 0 bridgehead atoms. The zero-order valence-corrected chi connectivity index (χ0v) is 7.67. The van der Waals surface area contributed by atoms with Crippen molar-refractivity contribution in [2.75, 3.05) is 6.54 Å². The maximum Gasteiger partial charge on any atom is 0.0390 e. The van der Waals surface area contributed by atoms with Crippen molar-refractivity contribution >= 4 is 5.71 Å². The van der Waals surface area contributed by atoms with Crippen LogP contribution in [0.25, 0.3) is 0 Å². The van der Waals surface area contributed by atoms with E-state index in [0.29, 0.717) is 5.92 Å². The number of allylic oxidation sites excluding steroid dienone is 1. The van der Waals surface area contributed by atoms with Crippen molar-refractivity contribution < 1.29 is 0 Å². The van der Waals surface area contributed by atoms with Gasteiger partial charge in [-0.3, -0.25) is 4.99 Å². The van der Waals surface area contributed by atoms with Crippen LogP contribution in [0.15, 0.2) is 17.3 Å². The monoisotopic (exact) mass is 154 g/mol. The first-order valence-corrected chi connectivity index (χ1v) is 4.15. The standard InChI is InChI=1S/C9H18N2/c1-4-7-11-9(5-6-10)8(2)3/h5-6,8H,4,7,10H2,1-3H3/b6-5-,11-9+. The minimum absolute atomic E-state index is 0.473. The molecule has 0 aromatic carbocycles. The first-order chi connectivity index (χ1) is 5.22. The van der Waals surface area contributed by atoms with Gasteiger partial charge in [-0.25, -0.2) is 0 Å². The van der Waals surface area contributed by atoms with Crippen LogP contribution in [0.2, 0.25) is 0 Å². The van der Waals surface area contributed by atoms with Crippen LogP contribution in [-0.2, 0) is 0 Å². The van der Waals surface area contributed by atoms with Crippen molar-refractivity contribution in [2.45, 2.75) is 27.2 Å². The van der Waals surface area contributed by atoms with Crippen molar-refractivity contribution in [1.82, 2.24) is 0 Å². The molecule has 0 aliphatic heterocycles. The Kier molecular flexibility index (Phi) is 5.53. The van der Waals surface area contributed by atoms with Gasteiger partial charge in [0.1, 0.15) is 0 Å². The van der Waals surface area contributed by atoms with Crippen LogP contribution in [0.1, 0.15) is 27.2 Å². The number of nitrogens with two attached hydrogens (primary N) is 1. The van der Waals surface area contributed by atoms with Crippen molar-refractivity contribution in [3.63, 3.8) is 0 Å². The average molecular weight is 154 g/mol. The predicted octanol–water partition coefficient (Wildman–Crippen LogP) is 1.97. The van der Waals surface area contributed by atoms with Gasteiger partial charge in [-0.05, 0) is 24.6 Å². The molecule has 0 amide bonds. The molecule has 2 heteroatoms. The Morgan fingerprint density at radius 2 is 2.18 bits per heavy atom. The zero-order valence-electron chi connectivity index (χ0n) is 7.67. The molecule has 0 aromatic rings. The second-order valence-corrected chi connectivity index (χ2v) is 2.82. The number of nitrogens with zero attached hydrogens (tertiary/aromatic N) is 1. The highest BCUT2D eigenvalue weighted by atomic mass is 14.7. The third kappa shape index (κ3) is 4.59. The smallest absolute Gasteiger partial charge is 0.0390 e. The fraction of sp³-hybridized carbons (Fsp3) is 0.667. The topological polar surface area (TPSA) is 38.4 Å². The summed E-state index contributed by atoms with van der Waals surface area (Å²) in [6, 6.07) is 0. The molecular formula is C9H18N2. The molecule has 0 aliphatic rings. The van der Waals surface area contributed by atoms with E-state index in [4.69, 9.17) is 5.73 Å². The molecule has 0 fully saturated rings. The molecule has 0 radical (unpaired) electrons. The molecule has 0 unspecified atom stereocenters. The minimum Gasteiger partial charge on any atom is -0.405 e. The van der Waals surface area contributed by atoms with E-state index in [0.717, 1.165) is 18.7 Å². The first kappa shape index (κ1) is 10.2. The summed E-state index contributed by atoms with van der Waals surface area (Å²) in [6.45, 7) is 7.26. The van der Waals surface area contributed by atoms with E-state index >= 15 is 0 Å². The second kappa shape index (κ2) is 5.96. The van der Waals surface area contributed by atoms with Gasteiger partial charge in [0.15, 0.2) is 0 Å². The van der Waals surface area contributed by atoms with Crippen LogP contribution in [0.5, 0.6) is 0 Å². The molecule has 0 saturated carbocycles. The van der Waals surface area contributed by atoms with Gasteiger partial charge in [-0.15, -0.1) is 0 Å². The number of rotatable bonds is 4. The third-order valence-corrected chi connectivity index (χ3v) is 1.38. The van der Waals surface area contributed by atoms with Crippen molar-refractivity contribution in [3.05, 3.63) is 12.3 Å². The number of hydrogen-bond acceptors (Lipinski definition) is 2. The Hall–Kier alpha value is -0.790. The van der Waals surface area contributed by atoms with E-state index in [9.17, 15) is 0 Å². The van der Waals surface area contributed by atoms with E-state index in [2.05, 4.69) is 25.8 Å². The Morgan fingerprint density at radius 1 is 1.55 bits per heavy atom. The molecule has 0 spiro atoms. The van der Waals surface area contributed by atoms with Gasteiger partial charge in [-0.1, -0.05) is 20.8 Å². The lowest BCUT2D eigenvalue weighted by Gasteiger charge is -2.03. The molecule has 64 valence electrons. The Morgan fingerprint density at radius 3 is 2.55 bits per heavy atom. The highest BCUT2D eigenvalue weighted by Crippen LogP contribution is 1.98. The first-order valence-electron chi connectivity index (χ1n) is 4.15. The largest absolute Gasteiger partial charge is 0.405 e.